The predicted molar refractivity (Wildman–Crippen MR) is 195 cm³/mol. The summed E-state index contributed by atoms with van der Waals surface area (Å²) < 4.78 is 21.9. The van der Waals surface area contributed by atoms with Crippen molar-refractivity contribution in [3.05, 3.63) is 48.6 Å². The van der Waals surface area contributed by atoms with Gasteiger partial charge in [0, 0.05) is 6.54 Å². The summed E-state index contributed by atoms with van der Waals surface area (Å²) in [5.74, 6) is -0.475. The van der Waals surface area contributed by atoms with E-state index in [-0.39, 0.29) is 19.6 Å². The number of phosphoric ester groups is 1. The highest BCUT2D eigenvalue weighted by molar-refractivity contribution is 7.47. The number of nitrogens with one attached hydrogen (secondary N) is 1. The summed E-state index contributed by atoms with van der Waals surface area (Å²) >= 11 is 0. The van der Waals surface area contributed by atoms with E-state index >= 15 is 0 Å². The second-order valence-corrected chi connectivity index (χ2v) is 13.7. The van der Waals surface area contributed by atoms with Crippen molar-refractivity contribution in [1.29, 1.82) is 0 Å². The van der Waals surface area contributed by atoms with Crippen LogP contribution >= 0.6 is 7.82 Å². The lowest BCUT2D eigenvalue weighted by atomic mass is 10.1. The molecule has 0 saturated heterocycles. The van der Waals surface area contributed by atoms with Gasteiger partial charge in [-0.25, -0.2) is 4.57 Å². The van der Waals surface area contributed by atoms with Crippen LogP contribution in [0.4, 0.5) is 0 Å². The van der Waals surface area contributed by atoms with Gasteiger partial charge in [0.1, 0.15) is 0 Å². The molecule has 0 aliphatic carbocycles. The lowest BCUT2D eigenvalue weighted by Gasteiger charge is -2.24. The Balaban J connectivity index is 4.58. The van der Waals surface area contributed by atoms with Gasteiger partial charge < -0.3 is 26.2 Å². The summed E-state index contributed by atoms with van der Waals surface area (Å²) in [6, 6.07) is -1.01. The predicted octanol–water partition coefficient (Wildman–Crippen LogP) is 8.35. The number of carbonyl (C=O) groups is 1. The van der Waals surface area contributed by atoms with E-state index in [9.17, 15) is 24.5 Å². The molecule has 0 spiro atoms. The smallest absolute Gasteiger partial charge is 0.393 e. The van der Waals surface area contributed by atoms with Crippen LogP contribution < -0.4 is 11.1 Å². The lowest BCUT2D eigenvalue weighted by Crippen LogP contribution is -2.46. The number of allylic oxidation sites excluding steroid dienone is 7. The van der Waals surface area contributed by atoms with Crippen LogP contribution in [-0.4, -0.2) is 59.0 Å². The Morgan fingerprint density at radius 1 is 0.723 bits per heavy atom. The minimum Gasteiger partial charge on any atom is -0.393 e. The average Bonchev–Trinajstić information content (AvgIpc) is 3.04. The third kappa shape index (κ3) is 31.4. The van der Waals surface area contributed by atoms with Crippen molar-refractivity contribution in [2.75, 3.05) is 19.8 Å². The summed E-state index contributed by atoms with van der Waals surface area (Å²) in [6.45, 7) is 3.84. The summed E-state index contributed by atoms with van der Waals surface area (Å²) in [5, 5.41) is 23.8. The molecular weight excluding hydrogens is 615 g/mol. The van der Waals surface area contributed by atoms with Crippen molar-refractivity contribution in [3.63, 3.8) is 0 Å². The first-order chi connectivity index (χ1) is 22.8. The first kappa shape index (κ1) is 45.4. The van der Waals surface area contributed by atoms with E-state index in [4.69, 9.17) is 14.8 Å². The van der Waals surface area contributed by atoms with E-state index < -0.39 is 38.6 Å². The molecule has 47 heavy (non-hydrogen) atoms. The zero-order valence-corrected chi connectivity index (χ0v) is 30.5. The molecule has 0 heterocycles. The Morgan fingerprint density at radius 3 is 1.83 bits per heavy atom. The number of carbonyl (C=O) groups excluding carboxylic acids is 1. The van der Waals surface area contributed by atoms with E-state index in [1.807, 2.05) is 6.08 Å². The number of hydrogen-bond donors (Lipinski definition) is 5. The largest absolute Gasteiger partial charge is 0.472 e. The van der Waals surface area contributed by atoms with Gasteiger partial charge in [-0.1, -0.05) is 120 Å². The fraction of sp³-hybridized carbons (Fsp3) is 0.757. The maximum atomic E-state index is 12.7. The van der Waals surface area contributed by atoms with Gasteiger partial charge in [0.2, 0.25) is 5.91 Å². The molecule has 10 heteroatoms. The summed E-state index contributed by atoms with van der Waals surface area (Å²) in [6.07, 6.45) is 34.9. The SMILES string of the molecule is CCCC/C=C\CCCCCC(O)CC(=O)NC(COP(=O)(O)OCCN)C(O)/C=C/CC/C=C/CC/C=C/CCCCCCCC. The molecule has 0 aromatic carbocycles. The van der Waals surface area contributed by atoms with Crippen LogP contribution in [0.5, 0.6) is 0 Å². The van der Waals surface area contributed by atoms with Crippen LogP contribution in [0.1, 0.15) is 142 Å². The molecule has 1 amide bonds. The van der Waals surface area contributed by atoms with Gasteiger partial charge in [-0.2, -0.15) is 0 Å². The van der Waals surface area contributed by atoms with E-state index in [0.29, 0.717) is 12.8 Å². The fourth-order valence-electron chi connectivity index (χ4n) is 4.83. The number of nitrogens with two attached hydrogens (primary N) is 1. The third-order valence-corrected chi connectivity index (χ3v) is 8.64. The van der Waals surface area contributed by atoms with E-state index in [0.717, 1.165) is 57.8 Å². The molecule has 0 aliphatic rings. The van der Waals surface area contributed by atoms with Crippen molar-refractivity contribution in [2.24, 2.45) is 5.73 Å². The number of rotatable bonds is 33. The Hall–Kier alpha value is -1.58. The molecule has 4 atom stereocenters. The standard InChI is InChI=1S/C37H69N2O7P/c1-3-5-7-9-11-13-14-15-16-17-18-19-21-23-25-27-29-36(41)35(33-46-47(43,44)45-31-30-38)39-37(42)32-34(40)28-26-24-22-20-12-10-8-6-4-2/h10,12,15-16,19,21,27,29,34-36,40-41H,3-9,11,13-14,17-18,20,22-26,28,30-33,38H2,1-2H3,(H,39,42)(H,43,44)/b12-10-,16-15+,21-19+,29-27+. The molecule has 6 N–H and O–H groups in total. The molecule has 0 saturated carbocycles. The highest BCUT2D eigenvalue weighted by atomic mass is 31.2. The van der Waals surface area contributed by atoms with E-state index in [2.05, 4.69) is 55.6 Å². The van der Waals surface area contributed by atoms with Gasteiger partial charge in [0.05, 0.1) is 37.9 Å². The van der Waals surface area contributed by atoms with Crippen LogP contribution in [-0.2, 0) is 18.4 Å². The van der Waals surface area contributed by atoms with Crippen molar-refractivity contribution >= 4 is 13.7 Å². The number of aliphatic hydroxyl groups is 2. The zero-order valence-electron chi connectivity index (χ0n) is 29.6. The van der Waals surface area contributed by atoms with Crippen molar-refractivity contribution in [3.8, 4) is 0 Å². The lowest BCUT2D eigenvalue weighted by molar-refractivity contribution is -0.124. The minimum absolute atomic E-state index is 0.0391. The molecule has 0 rings (SSSR count). The molecule has 0 fully saturated rings. The molecule has 9 nitrogen and oxygen atoms in total. The van der Waals surface area contributed by atoms with Gasteiger partial charge in [-0.05, 0) is 64.2 Å². The normalized spacial score (nSPS) is 15.6. The summed E-state index contributed by atoms with van der Waals surface area (Å²) in [5.41, 5.74) is 5.33. The van der Waals surface area contributed by atoms with Crippen molar-refractivity contribution in [2.45, 2.75) is 161 Å². The van der Waals surface area contributed by atoms with Crippen molar-refractivity contribution < 1.29 is 33.5 Å². The van der Waals surface area contributed by atoms with Gasteiger partial charge in [-0.3, -0.25) is 13.8 Å². The van der Waals surface area contributed by atoms with E-state index in [1.165, 1.54) is 51.4 Å². The number of unbranched alkanes of at least 4 members (excludes halogenated alkanes) is 13. The Morgan fingerprint density at radius 2 is 1.23 bits per heavy atom. The van der Waals surface area contributed by atoms with Crippen LogP contribution in [0.25, 0.3) is 0 Å². The second-order valence-electron chi connectivity index (χ2n) is 12.2. The monoisotopic (exact) mass is 684 g/mol. The molecule has 0 radical (unpaired) electrons. The second kappa shape index (κ2) is 32.9. The molecule has 0 bridgehead atoms. The molecule has 0 aromatic rings. The van der Waals surface area contributed by atoms with Gasteiger partial charge in [-0.15, -0.1) is 0 Å². The van der Waals surface area contributed by atoms with Crippen LogP contribution in [0, 0.1) is 0 Å². The zero-order chi connectivity index (χ0) is 34.9. The molecule has 0 aromatic heterocycles. The van der Waals surface area contributed by atoms with Gasteiger partial charge in [0.15, 0.2) is 0 Å². The fourth-order valence-corrected chi connectivity index (χ4v) is 5.59. The topological polar surface area (TPSA) is 151 Å². The van der Waals surface area contributed by atoms with Gasteiger partial charge >= 0.3 is 7.82 Å². The molecule has 274 valence electrons. The first-order valence-electron chi connectivity index (χ1n) is 18.3. The average molecular weight is 685 g/mol. The molecular formula is C37H69N2O7P. The highest BCUT2D eigenvalue weighted by Gasteiger charge is 2.27. The summed E-state index contributed by atoms with van der Waals surface area (Å²) in [7, 11) is -4.40. The number of phosphoric acid groups is 1. The Kier molecular flexibility index (Phi) is 31.8. The van der Waals surface area contributed by atoms with E-state index in [1.54, 1.807) is 6.08 Å². The third-order valence-electron chi connectivity index (χ3n) is 7.66. The summed E-state index contributed by atoms with van der Waals surface area (Å²) in [4.78, 5) is 22.6. The number of aliphatic hydroxyl groups excluding tert-OH is 2. The van der Waals surface area contributed by atoms with Gasteiger partial charge in [0.25, 0.3) is 0 Å². The quantitative estimate of drug-likeness (QED) is 0.0263. The van der Waals surface area contributed by atoms with Crippen LogP contribution in [0.15, 0.2) is 48.6 Å². The number of hydrogen-bond acceptors (Lipinski definition) is 7. The van der Waals surface area contributed by atoms with Crippen LogP contribution in [0.3, 0.4) is 0 Å². The van der Waals surface area contributed by atoms with Crippen LogP contribution in [0.2, 0.25) is 0 Å². The highest BCUT2D eigenvalue weighted by Crippen LogP contribution is 2.43. The Bertz CT molecular complexity index is 894. The maximum absolute atomic E-state index is 12.7. The molecule has 0 aliphatic heterocycles. The maximum Gasteiger partial charge on any atom is 0.472 e. The van der Waals surface area contributed by atoms with Crippen molar-refractivity contribution in [1.82, 2.24) is 5.32 Å². The molecule has 4 unspecified atom stereocenters. The minimum atomic E-state index is -4.40. The number of amides is 1. The first-order valence-corrected chi connectivity index (χ1v) is 19.8. The Labute approximate surface area is 286 Å².